The van der Waals surface area contributed by atoms with E-state index in [2.05, 4.69) is 33.0 Å². The van der Waals surface area contributed by atoms with Crippen LogP contribution in [0, 0.1) is 11.8 Å². The minimum absolute atomic E-state index is 0.0355. The van der Waals surface area contributed by atoms with Crippen LogP contribution in [0.25, 0.3) is 0 Å². The predicted molar refractivity (Wildman–Crippen MR) is 86.6 cm³/mol. The Balaban J connectivity index is 2.63. The molecule has 0 saturated heterocycles. The second-order valence-electron chi connectivity index (χ2n) is 5.92. The summed E-state index contributed by atoms with van der Waals surface area (Å²) in [6.07, 6.45) is 0. The highest BCUT2D eigenvalue weighted by Gasteiger charge is 2.19. The number of hydrogen-bond donors (Lipinski definition) is 1. The Bertz CT molecular complexity index is 455. The van der Waals surface area contributed by atoms with Crippen LogP contribution in [0.2, 0.25) is 0 Å². The highest BCUT2D eigenvalue weighted by atomic mass is 16.5. The van der Waals surface area contributed by atoms with Crippen molar-refractivity contribution in [2.45, 2.75) is 33.7 Å². The number of amides is 1. The molecule has 0 fully saturated rings. The minimum atomic E-state index is -0.130. The van der Waals surface area contributed by atoms with Crippen LogP contribution in [0.15, 0.2) is 18.2 Å². The zero-order valence-corrected chi connectivity index (χ0v) is 14.3. The quantitative estimate of drug-likeness (QED) is 0.802. The first-order valence-corrected chi connectivity index (χ1v) is 7.52. The van der Waals surface area contributed by atoms with Gasteiger partial charge in [-0.2, -0.15) is 0 Å². The molecule has 1 amide bonds. The molecule has 0 unspecified atom stereocenters. The third-order valence-electron chi connectivity index (χ3n) is 3.46. The summed E-state index contributed by atoms with van der Waals surface area (Å²) in [5.74, 6) is 2.40. The highest BCUT2D eigenvalue weighted by Crippen LogP contribution is 2.27. The Morgan fingerprint density at radius 3 is 1.82 bits per heavy atom. The van der Waals surface area contributed by atoms with Crippen molar-refractivity contribution in [1.29, 1.82) is 0 Å². The molecule has 0 bridgehead atoms. The molecule has 0 radical (unpaired) electrons. The molecular formula is C17H27NO4. The van der Waals surface area contributed by atoms with Gasteiger partial charge in [0.1, 0.15) is 17.2 Å². The molecule has 0 aliphatic rings. The average molecular weight is 309 g/mol. The summed E-state index contributed by atoms with van der Waals surface area (Å²) in [4.78, 5) is 12.0. The highest BCUT2D eigenvalue weighted by molar-refractivity contribution is 5.77. The molecule has 0 atom stereocenters. The monoisotopic (exact) mass is 309 g/mol. The van der Waals surface area contributed by atoms with Crippen molar-refractivity contribution in [1.82, 2.24) is 5.32 Å². The Kier molecular flexibility index (Phi) is 7.02. The van der Waals surface area contributed by atoms with Gasteiger partial charge < -0.3 is 19.5 Å². The van der Waals surface area contributed by atoms with Crippen LogP contribution in [-0.4, -0.2) is 32.8 Å². The van der Waals surface area contributed by atoms with Crippen molar-refractivity contribution >= 4 is 5.91 Å². The van der Waals surface area contributed by atoms with Crippen molar-refractivity contribution in [3.8, 4) is 17.2 Å². The fourth-order valence-corrected chi connectivity index (χ4v) is 2.34. The summed E-state index contributed by atoms with van der Waals surface area (Å²) < 4.78 is 15.9. The van der Waals surface area contributed by atoms with Gasteiger partial charge in [-0.1, -0.05) is 27.7 Å². The number of hydrogen-bond acceptors (Lipinski definition) is 4. The third kappa shape index (κ3) is 5.47. The molecule has 0 aliphatic heterocycles. The van der Waals surface area contributed by atoms with E-state index >= 15 is 0 Å². The molecule has 0 spiro atoms. The van der Waals surface area contributed by atoms with Gasteiger partial charge in [-0.3, -0.25) is 4.79 Å². The van der Waals surface area contributed by atoms with Crippen LogP contribution in [-0.2, 0) is 4.79 Å². The van der Waals surface area contributed by atoms with E-state index in [9.17, 15) is 4.79 Å². The zero-order valence-electron chi connectivity index (χ0n) is 14.3. The summed E-state index contributed by atoms with van der Waals surface area (Å²) in [6.45, 7) is 8.35. The van der Waals surface area contributed by atoms with Gasteiger partial charge in [-0.05, 0) is 11.8 Å². The molecule has 0 saturated carbocycles. The molecule has 1 N–H and O–H groups in total. The molecule has 0 aliphatic carbocycles. The van der Waals surface area contributed by atoms with Gasteiger partial charge in [0.05, 0.1) is 14.2 Å². The first-order chi connectivity index (χ1) is 10.4. The number of methoxy groups -OCH3 is 2. The number of carbonyl (C=O) groups excluding carboxylic acids is 1. The molecule has 22 heavy (non-hydrogen) atoms. The fourth-order valence-electron chi connectivity index (χ4n) is 2.34. The summed E-state index contributed by atoms with van der Waals surface area (Å²) in [7, 11) is 3.14. The van der Waals surface area contributed by atoms with Crippen molar-refractivity contribution < 1.29 is 19.0 Å². The SMILES string of the molecule is COc1cc(OC)cc(OCC(=O)NC(C(C)C)C(C)C)c1. The third-order valence-corrected chi connectivity index (χ3v) is 3.46. The lowest BCUT2D eigenvalue weighted by molar-refractivity contribution is -0.124. The lowest BCUT2D eigenvalue weighted by Crippen LogP contribution is -2.44. The summed E-state index contributed by atoms with van der Waals surface area (Å²) in [5.41, 5.74) is 0. The molecule has 0 aromatic heterocycles. The smallest absolute Gasteiger partial charge is 0.258 e. The summed E-state index contributed by atoms with van der Waals surface area (Å²) in [6, 6.07) is 5.33. The van der Waals surface area contributed by atoms with E-state index in [-0.39, 0.29) is 18.6 Å². The number of nitrogens with one attached hydrogen (secondary N) is 1. The molecule has 0 heterocycles. The van der Waals surface area contributed by atoms with E-state index in [0.717, 1.165) is 0 Å². The molecule has 1 aromatic rings. The molecule has 1 rings (SSSR count). The minimum Gasteiger partial charge on any atom is -0.496 e. The maximum absolute atomic E-state index is 12.0. The largest absolute Gasteiger partial charge is 0.496 e. The first-order valence-electron chi connectivity index (χ1n) is 7.52. The van der Waals surface area contributed by atoms with Gasteiger partial charge in [0.25, 0.3) is 5.91 Å². The zero-order chi connectivity index (χ0) is 16.7. The molecule has 5 heteroatoms. The van der Waals surface area contributed by atoms with Crippen LogP contribution in [0.4, 0.5) is 0 Å². The number of ether oxygens (including phenoxy) is 3. The van der Waals surface area contributed by atoms with E-state index < -0.39 is 0 Å². The number of carbonyl (C=O) groups is 1. The van der Waals surface area contributed by atoms with E-state index in [1.165, 1.54) is 0 Å². The molecular weight excluding hydrogens is 282 g/mol. The second kappa shape index (κ2) is 8.51. The van der Waals surface area contributed by atoms with Gasteiger partial charge in [0, 0.05) is 24.2 Å². The summed E-state index contributed by atoms with van der Waals surface area (Å²) >= 11 is 0. The van der Waals surface area contributed by atoms with E-state index in [0.29, 0.717) is 29.1 Å². The van der Waals surface area contributed by atoms with E-state index in [1.807, 2.05) is 0 Å². The van der Waals surface area contributed by atoms with Crippen molar-refractivity contribution in [2.75, 3.05) is 20.8 Å². The van der Waals surface area contributed by atoms with Crippen LogP contribution < -0.4 is 19.5 Å². The van der Waals surface area contributed by atoms with Crippen molar-refractivity contribution in [3.63, 3.8) is 0 Å². The van der Waals surface area contributed by atoms with Crippen LogP contribution in [0.1, 0.15) is 27.7 Å². The normalized spacial score (nSPS) is 11.0. The maximum Gasteiger partial charge on any atom is 0.258 e. The lowest BCUT2D eigenvalue weighted by atomic mass is 9.93. The Labute approximate surface area is 132 Å². The van der Waals surface area contributed by atoms with Crippen molar-refractivity contribution in [3.05, 3.63) is 18.2 Å². The topological polar surface area (TPSA) is 56.8 Å². The Morgan fingerprint density at radius 2 is 1.41 bits per heavy atom. The predicted octanol–water partition coefficient (Wildman–Crippen LogP) is 2.88. The van der Waals surface area contributed by atoms with Gasteiger partial charge >= 0.3 is 0 Å². The lowest BCUT2D eigenvalue weighted by Gasteiger charge is -2.26. The first kappa shape index (κ1) is 18.1. The summed E-state index contributed by atoms with van der Waals surface area (Å²) in [5, 5.41) is 3.02. The van der Waals surface area contributed by atoms with Crippen molar-refractivity contribution in [2.24, 2.45) is 11.8 Å². The molecule has 1 aromatic carbocycles. The fraction of sp³-hybridized carbons (Fsp3) is 0.588. The van der Waals surface area contributed by atoms with E-state index in [4.69, 9.17) is 14.2 Å². The standard InChI is InChI=1S/C17H27NO4/c1-11(2)17(12(3)4)18-16(19)10-22-15-8-13(20-5)7-14(9-15)21-6/h7-9,11-12,17H,10H2,1-6H3,(H,18,19). The van der Waals surface area contributed by atoms with Gasteiger partial charge in [0.2, 0.25) is 0 Å². The Morgan fingerprint density at radius 1 is 0.955 bits per heavy atom. The Hall–Kier alpha value is -1.91. The molecule has 124 valence electrons. The molecule has 5 nitrogen and oxygen atoms in total. The van der Waals surface area contributed by atoms with Gasteiger partial charge in [-0.15, -0.1) is 0 Å². The van der Waals surface area contributed by atoms with Crippen LogP contribution in [0.3, 0.4) is 0 Å². The van der Waals surface area contributed by atoms with Crippen LogP contribution >= 0.6 is 0 Å². The maximum atomic E-state index is 12.0. The van der Waals surface area contributed by atoms with Gasteiger partial charge in [0.15, 0.2) is 6.61 Å². The second-order valence-corrected chi connectivity index (χ2v) is 5.92. The number of benzene rings is 1. The van der Waals surface area contributed by atoms with Crippen LogP contribution in [0.5, 0.6) is 17.2 Å². The van der Waals surface area contributed by atoms with Gasteiger partial charge in [-0.25, -0.2) is 0 Å². The van der Waals surface area contributed by atoms with E-state index in [1.54, 1.807) is 32.4 Å². The number of rotatable bonds is 8. The average Bonchev–Trinajstić information content (AvgIpc) is 2.49.